The number of aliphatic hydroxyl groups excluding tert-OH is 1. The minimum absolute atomic E-state index is 0.128. The molecule has 178 valence electrons. The van der Waals surface area contributed by atoms with Crippen LogP contribution >= 0.6 is 0 Å². The first-order valence-electron chi connectivity index (χ1n) is 12.8. The molecule has 6 heteroatoms. The molecule has 5 nitrogen and oxygen atoms in total. The average molecular weight is 451 g/mol. The number of ether oxygens (including phenoxy) is 1. The smallest absolute Gasteiger partial charge is 0.393 e. The average Bonchev–Trinajstić information content (AvgIpc) is 2.87. The van der Waals surface area contributed by atoms with Crippen molar-refractivity contribution in [3.05, 3.63) is 59.2 Å². The van der Waals surface area contributed by atoms with Gasteiger partial charge in [-0.25, -0.2) is 0 Å². The second-order valence-corrected chi connectivity index (χ2v) is 10.0. The van der Waals surface area contributed by atoms with Crippen LogP contribution in [0, 0.1) is 5.92 Å². The van der Waals surface area contributed by atoms with E-state index in [1.54, 1.807) is 6.07 Å². The molecule has 3 aliphatic rings. The fourth-order valence-electron chi connectivity index (χ4n) is 5.51. The Balaban J connectivity index is 1.06. The molecule has 0 spiro atoms. The first-order chi connectivity index (χ1) is 16.2. The number of aliphatic hydroxyl groups is 1. The van der Waals surface area contributed by atoms with Crippen LogP contribution in [0.1, 0.15) is 42.4 Å². The molecule has 2 bridgehead atoms. The number of aryl methyl sites for hydroxylation is 1. The lowest BCUT2D eigenvalue weighted by molar-refractivity contribution is -0.841. The van der Waals surface area contributed by atoms with E-state index in [1.165, 1.54) is 56.3 Å². The van der Waals surface area contributed by atoms with Gasteiger partial charge in [0.1, 0.15) is 11.5 Å². The third-order valence-corrected chi connectivity index (χ3v) is 7.73. The van der Waals surface area contributed by atoms with Crippen LogP contribution in [0.2, 0.25) is 6.32 Å². The zero-order valence-corrected chi connectivity index (χ0v) is 20.0. The lowest BCUT2D eigenvalue weighted by atomic mass is 9.73. The molecule has 3 aliphatic heterocycles. The summed E-state index contributed by atoms with van der Waals surface area (Å²) in [6, 6.07) is 14.1. The van der Waals surface area contributed by atoms with Crippen molar-refractivity contribution in [2.75, 3.05) is 39.3 Å². The molecule has 0 aliphatic carbocycles. The Kier molecular flexibility index (Phi) is 8.71. The Morgan fingerprint density at radius 2 is 1.67 bits per heavy atom. The van der Waals surface area contributed by atoms with E-state index < -0.39 is 0 Å². The first kappa shape index (κ1) is 24.1. The first-order valence-corrected chi connectivity index (χ1v) is 12.8. The summed E-state index contributed by atoms with van der Waals surface area (Å²) in [5.74, 6) is 2.18. The Labute approximate surface area is 199 Å². The topological polar surface area (TPSA) is 61.7 Å². The Bertz CT molecular complexity index is 852. The van der Waals surface area contributed by atoms with Gasteiger partial charge in [-0.1, -0.05) is 18.2 Å². The van der Waals surface area contributed by atoms with Gasteiger partial charge < -0.3 is 24.7 Å². The van der Waals surface area contributed by atoms with Crippen LogP contribution in [-0.2, 0) is 19.4 Å². The Morgan fingerprint density at radius 1 is 0.939 bits per heavy atom. The van der Waals surface area contributed by atoms with Gasteiger partial charge in [-0.05, 0) is 92.9 Å². The SMILES string of the molecule is OCc1cc(CCNCCCc2ccc(OCCB[N+]34CCC(CC3)CC4)cc2)ccc1O. The number of nitrogens with zero attached hydrogens (tertiary/aromatic N) is 1. The summed E-state index contributed by atoms with van der Waals surface area (Å²) in [5.41, 5.74) is 3.07. The van der Waals surface area contributed by atoms with E-state index in [2.05, 4.69) is 29.6 Å². The highest BCUT2D eigenvalue weighted by atomic mass is 16.5. The molecule has 0 aromatic heterocycles. The van der Waals surface area contributed by atoms with Crippen LogP contribution in [0.3, 0.4) is 0 Å². The lowest BCUT2D eigenvalue weighted by Gasteiger charge is -2.50. The molecule has 0 saturated carbocycles. The van der Waals surface area contributed by atoms with Gasteiger partial charge in [-0.15, -0.1) is 0 Å². The van der Waals surface area contributed by atoms with Gasteiger partial charge in [0, 0.05) is 11.9 Å². The molecule has 33 heavy (non-hydrogen) atoms. The van der Waals surface area contributed by atoms with Crippen LogP contribution in [0.25, 0.3) is 0 Å². The van der Waals surface area contributed by atoms with Gasteiger partial charge in [0.25, 0.3) is 0 Å². The molecule has 5 rings (SSSR count). The van der Waals surface area contributed by atoms with Gasteiger partial charge in [0.2, 0.25) is 0 Å². The minimum atomic E-state index is -0.128. The van der Waals surface area contributed by atoms with Crippen LogP contribution in [0.5, 0.6) is 11.5 Å². The molecule has 3 saturated heterocycles. The third kappa shape index (κ3) is 6.98. The normalized spacial score (nSPS) is 21.8. The molecule has 3 fully saturated rings. The summed E-state index contributed by atoms with van der Waals surface area (Å²) in [7, 11) is 1.28. The Morgan fingerprint density at radius 3 is 2.39 bits per heavy atom. The van der Waals surface area contributed by atoms with Gasteiger partial charge in [-0.3, -0.25) is 0 Å². The number of benzene rings is 2. The predicted molar refractivity (Wildman–Crippen MR) is 135 cm³/mol. The maximum Gasteiger partial charge on any atom is 0.393 e. The number of fused-ring (bicyclic) bond motifs is 3. The highest BCUT2D eigenvalue weighted by Gasteiger charge is 2.39. The van der Waals surface area contributed by atoms with Crippen LogP contribution in [0.4, 0.5) is 0 Å². The van der Waals surface area contributed by atoms with Crippen molar-refractivity contribution in [3.63, 3.8) is 0 Å². The van der Waals surface area contributed by atoms with Crippen LogP contribution in [0.15, 0.2) is 42.5 Å². The number of hydrogen-bond donors (Lipinski definition) is 3. The largest absolute Gasteiger partial charge is 0.508 e. The summed E-state index contributed by atoms with van der Waals surface area (Å²) < 4.78 is 7.38. The minimum Gasteiger partial charge on any atom is -0.508 e. The van der Waals surface area contributed by atoms with E-state index in [0.29, 0.717) is 5.56 Å². The fraction of sp³-hybridized carbons (Fsp3) is 0.556. The molecule has 0 amide bonds. The molecule has 3 heterocycles. The molecular weight excluding hydrogens is 411 g/mol. The Hall–Kier alpha value is -2.02. The van der Waals surface area contributed by atoms with E-state index in [0.717, 1.165) is 62.5 Å². The van der Waals surface area contributed by atoms with E-state index in [4.69, 9.17) is 4.74 Å². The summed E-state index contributed by atoms with van der Waals surface area (Å²) in [6.45, 7) is 6.76. The molecular formula is C27H40BN2O3+. The highest BCUT2D eigenvalue weighted by Crippen LogP contribution is 2.33. The summed E-state index contributed by atoms with van der Waals surface area (Å²) in [5, 5.41) is 22.4. The van der Waals surface area contributed by atoms with Gasteiger partial charge >= 0.3 is 7.41 Å². The fourth-order valence-corrected chi connectivity index (χ4v) is 5.51. The quantitative estimate of drug-likeness (QED) is 0.323. The molecule has 0 atom stereocenters. The second-order valence-electron chi connectivity index (χ2n) is 10.0. The number of aromatic hydroxyl groups is 1. The van der Waals surface area contributed by atoms with Gasteiger partial charge in [0.05, 0.1) is 32.8 Å². The number of nitrogens with one attached hydrogen (secondary N) is 1. The van der Waals surface area contributed by atoms with Crippen molar-refractivity contribution in [2.24, 2.45) is 5.92 Å². The molecule has 3 N–H and O–H groups in total. The maximum atomic E-state index is 9.64. The maximum absolute atomic E-state index is 9.64. The second kappa shape index (κ2) is 11.9. The van der Waals surface area contributed by atoms with Crippen molar-refractivity contribution in [2.45, 2.75) is 51.5 Å². The van der Waals surface area contributed by atoms with Crippen molar-refractivity contribution in [3.8, 4) is 11.5 Å². The van der Waals surface area contributed by atoms with Crippen LogP contribution < -0.4 is 10.1 Å². The standard InChI is InChI=1S/C27H39BN2O3/c31-21-25-20-24(5-8-27(25)32)9-15-29-14-1-2-22-3-6-26(7-4-22)33-19-13-28-30-16-10-23(11-17-30)12-18-30/h3-8,20,23,28-29,31H,1-2,9-19,21H2/p+1. The number of piperidine rings is 3. The van der Waals surface area contributed by atoms with E-state index in [1.807, 2.05) is 12.1 Å². The van der Waals surface area contributed by atoms with E-state index in [-0.39, 0.29) is 12.4 Å². The molecule has 2 aromatic carbocycles. The summed E-state index contributed by atoms with van der Waals surface area (Å²) in [6.07, 6.45) is 8.54. The number of hydrogen-bond acceptors (Lipinski definition) is 4. The van der Waals surface area contributed by atoms with E-state index >= 15 is 0 Å². The van der Waals surface area contributed by atoms with Crippen molar-refractivity contribution in [1.82, 2.24) is 5.32 Å². The number of quaternary nitrogens is 1. The van der Waals surface area contributed by atoms with Crippen molar-refractivity contribution >= 4 is 7.41 Å². The third-order valence-electron chi connectivity index (χ3n) is 7.73. The molecule has 0 radical (unpaired) electrons. The number of phenols is 1. The summed E-state index contributed by atoms with van der Waals surface area (Å²) in [4.78, 5) is 0. The van der Waals surface area contributed by atoms with Crippen molar-refractivity contribution in [1.29, 1.82) is 0 Å². The molecule has 2 aromatic rings. The number of rotatable bonds is 13. The molecule has 0 unspecified atom stereocenters. The lowest BCUT2D eigenvalue weighted by Crippen LogP contribution is -2.60. The van der Waals surface area contributed by atoms with Gasteiger partial charge in [-0.2, -0.15) is 0 Å². The van der Waals surface area contributed by atoms with E-state index in [9.17, 15) is 10.2 Å². The van der Waals surface area contributed by atoms with Crippen molar-refractivity contribution < 1.29 is 19.3 Å². The highest BCUT2D eigenvalue weighted by molar-refractivity contribution is 6.26. The zero-order chi connectivity index (χ0) is 22.9. The zero-order valence-electron chi connectivity index (χ0n) is 20.0. The monoisotopic (exact) mass is 451 g/mol. The predicted octanol–water partition coefficient (Wildman–Crippen LogP) is 3.43. The van der Waals surface area contributed by atoms with Crippen LogP contribution in [-0.4, -0.2) is 61.4 Å². The van der Waals surface area contributed by atoms with Gasteiger partial charge in [0.15, 0.2) is 0 Å². The summed E-state index contributed by atoms with van der Waals surface area (Å²) >= 11 is 0.